The van der Waals surface area contributed by atoms with E-state index in [0.29, 0.717) is 34.2 Å². The number of rotatable bonds is 8. The summed E-state index contributed by atoms with van der Waals surface area (Å²) in [6, 6.07) is 13.1. The number of aromatic nitrogens is 3. The van der Waals surface area contributed by atoms with Crippen molar-refractivity contribution in [3.63, 3.8) is 0 Å². The highest BCUT2D eigenvalue weighted by Gasteiger charge is 2.23. The zero-order chi connectivity index (χ0) is 25.8. The van der Waals surface area contributed by atoms with Crippen molar-refractivity contribution >= 4 is 11.6 Å². The van der Waals surface area contributed by atoms with Gasteiger partial charge in [-0.25, -0.2) is 18.4 Å². The van der Waals surface area contributed by atoms with Crippen molar-refractivity contribution in [2.24, 2.45) is 0 Å². The zero-order valence-electron chi connectivity index (χ0n) is 19.8. The van der Waals surface area contributed by atoms with Crippen molar-refractivity contribution in [2.75, 3.05) is 33.8 Å². The van der Waals surface area contributed by atoms with E-state index in [1.807, 2.05) is 0 Å². The topological polar surface area (TPSA) is 96.7 Å². The number of benzene rings is 3. The fraction of sp³-hybridized carbons (Fsp3) is 0.160. The third kappa shape index (κ3) is 4.76. The first-order chi connectivity index (χ1) is 17.4. The van der Waals surface area contributed by atoms with E-state index < -0.39 is 17.5 Å². The second-order valence-electron chi connectivity index (χ2n) is 7.37. The molecule has 0 atom stereocenters. The quantitative estimate of drug-likeness (QED) is 0.384. The molecule has 0 aliphatic heterocycles. The summed E-state index contributed by atoms with van der Waals surface area (Å²) in [5, 5.41) is 6.98. The van der Waals surface area contributed by atoms with E-state index >= 15 is 0 Å². The highest BCUT2D eigenvalue weighted by molar-refractivity contribution is 6.01. The number of ether oxygens (including phenoxy) is 4. The van der Waals surface area contributed by atoms with E-state index in [2.05, 4.69) is 15.4 Å². The molecule has 1 heterocycles. The molecule has 0 bridgehead atoms. The lowest BCUT2D eigenvalue weighted by molar-refractivity contribution is 0.101. The average Bonchev–Trinajstić information content (AvgIpc) is 3.35. The predicted molar refractivity (Wildman–Crippen MR) is 127 cm³/mol. The molecule has 1 amide bonds. The standard InChI is InChI=1S/C25H22F2N4O5/c1-33-17-8-5-15(6-9-17)28-25(32)23-29-24(31(30-23)16-7-10-18(26)19(27)13-16)14-11-20(34-2)22(36-4)21(12-14)35-3/h5-13H,1-4H3,(H,28,32). The lowest BCUT2D eigenvalue weighted by Gasteiger charge is -2.14. The van der Waals surface area contributed by atoms with Gasteiger partial charge in [0, 0.05) is 17.3 Å². The van der Waals surface area contributed by atoms with Crippen LogP contribution in [0.25, 0.3) is 17.1 Å². The second-order valence-corrected chi connectivity index (χ2v) is 7.37. The molecule has 4 aromatic rings. The number of hydrogen-bond acceptors (Lipinski definition) is 7. The van der Waals surface area contributed by atoms with Gasteiger partial charge in [-0.05, 0) is 48.5 Å². The number of methoxy groups -OCH3 is 4. The lowest BCUT2D eigenvalue weighted by Crippen LogP contribution is -2.14. The molecule has 0 fully saturated rings. The number of carbonyl (C=O) groups excluding carboxylic acids is 1. The molecule has 9 nitrogen and oxygen atoms in total. The van der Waals surface area contributed by atoms with Crippen LogP contribution in [0.5, 0.6) is 23.0 Å². The average molecular weight is 496 g/mol. The molecule has 4 rings (SSSR count). The smallest absolute Gasteiger partial charge is 0.295 e. The van der Waals surface area contributed by atoms with Crippen molar-refractivity contribution in [1.29, 1.82) is 0 Å². The maximum absolute atomic E-state index is 14.1. The van der Waals surface area contributed by atoms with Crippen LogP contribution in [0.15, 0.2) is 54.6 Å². The lowest BCUT2D eigenvalue weighted by atomic mass is 10.1. The van der Waals surface area contributed by atoms with Crippen molar-refractivity contribution in [1.82, 2.24) is 14.8 Å². The molecule has 36 heavy (non-hydrogen) atoms. The number of halogens is 2. The Hall–Kier alpha value is -4.67. The van der Waals surface area contributed by atoms with E-state index in [4.69, 9.17) is 18.9 Å². The summed E-state index contributed by atoms with van der Waals surface area (Å²) >= 11 is 0. The first kappa shape index (κ1) is 24.5. The van der Waals surface area contributed by atoms with E-state index in [9.17, 15) is 13.6 Å². The molecule has 186 valence electrons. The first-order valence-corrected chi connectivity index (χ1v) is 10.6. The summed E-state index contributed by atoms with van der Waals surface area (Å²) in [4.78, 5) is 17.4. The molecule has 0 aliphatic carbocycles. The van der Waals surface area contributed by atoms with Crippen molar-refractivity contribution in [3.05, 3.63) is 72.1 Å². The molecular weight excluding hydrogens is 474 g/mol. The van der Waals surface area contributed by atoms with Gasteiger partial charge in [0.05, 0.1) is 34.1 Å². The number of nitrogens with one attached hydrogen (secondary N) is 1. The minimum Gasteiger partial charge on any atom is -0.497 e. The van der Waals surface area contributed by atoms with Crippen LogP contribution in [0.4, 0.5) is 14.5 Å². The maximum atomic E-state index is 14.1. The van der Waals surface area contributed by atoms with Gasteiger partial charge in [0.15, 0.2) is 29.0 Å². The number of anilines is 1. The van der Waals surface area contributed by atoms with Gasteiger partial charge in [-0.3, -0.25) is 4.79 Å². The molecule has 1 N–H and O–H groups in total. The van der Waals surface area contributed by atoms with Gasteiger partial charge in [0.2, 0.25) is 11.6 Å². The third-order valence-electron chi connectivity index (χ3n) is 5.23. The molecule has 0 saturated heterocycles. The van der Waals surface area contributed by atoms with E-state index in [1.165, 1.54) is 39.2 Å². The SMILES string of the molecule is COc1ccc(NC(=O)c2nc(-c3cc(OC)c(OC)c(OC)c3)n(-c3ccc(F)c(F)c3)n2)cc1. The molecule has 0 unspecified atom stereocenters. The summed E-state index contributed by atoms with van der Waals surface area (Å²) in [5.74, 6) is -1.14. The van der Waals surface area contributed by atoms with Gasteiger partial charge in [0.25, 0.3) is 5.91 Å². The van der Waals surface area contributed by atoms with E-state index in [-0.39, 0.29) is 17.3 Å². The predicted octanol–water partition coefficient (Wildman–Crippen LogP) is 4.50. The van der Waals surface area contributed by atoms with E-state index in [1.54, 1.807) is 36.4 Å². The zero-order valence-corrected chi connectivity index (χ0v) is 19.8. The Morgan fingerprint density at radius 1 is 0.833 bits per heavy atom. The third-order valence-corrected chi connectivity index (χ3v) is 5.23. The van der Waals surface area contributed by atoms with Crippen LogP contribution in [0, 0.1) is 11.6 Å². The molecule has 3 aromatic carbocycles. The summed E-state index contributed by atoms with van der Waals surface area (Å²) in [6.45, 7) is 0. The second kappa shape index (κ2) is 10.3. The van der Waals surface area contributed by atoms with Crippen molar-refractivity contribution < 1.29 is 32.5 Å². The minimum atomic E-state index is -1.08. The van der Waals surface area contributed by atoms with Crippen LogP contribution in [0.2, 0.25) is 0 Å². The molecular formula is C25H22F2N4O5. The van der Waals surface area contributed by atoms with Gasteiger partial charge in [-0.1, -0.05) is 0 Å². The Labute approximate surface area is 205 Å². The summed E-state index contributed by atoms with van der Waals surface area (Å²) in [6.07, 6.45) is 0. The van der Waals surface area contributed by atoms with Gasteiger partial charge in [-0.2, -0.15) is 0 Å². The molecule has 0 aliphatic rings. The fourth-order valence-electron chi connectivity index (χ4n) is 3.46. The maximum Gasteiger partial charge on any atom is 0.295 e. The summed E-state index contributed by atoms with van der Waals surface area (Å²) in [7, 11) is 5.91. The van der Waals surface area contributed by atoms with Crippen LogP contribution in [0.3, 0.4) is 0 Å². The number of hydrogen-bond donors (Lipinski definition) is 1. The Kier molecular flexibility index (Phi) is 7.00. The van der Waals surface area contributed by atoms with Gasteiger partial charge >= 0.3 is 0 Å². The summed E-state index contributed by atoms with van der Waals surface area (Å²) in [5.41, 5.74) is 1.05. The normalized spacial score (nSPS) is 10.6. The molecule has 0 spiro atoms. The Morgan fingerprint density at radius 3 is 2.06 bits per heavy atom. The van der Waals surface area contributed by atoms with E-state index in [0.717, 1.165) is 12.1 Å². The fourth-order valence-corrected chi connectivity index (χ4v) is 3.46. The Balaban J connectivity index is 1.82. The number of amides is 1. The van der Waals surface area contributed by atoms with Crippen LogP contribution < -0.4 is 24.3 Å². The van der Waals surface area contributed by atoms with Gasteiger partial charge < -0.3 is 24.3 Å². The largest absolute Gasteiger partial charge is 0.497 e. The van der Waals surface area contributed by atoms with Crippen LogP contribution in [0.1, 0.15) is 10.6 Å². The molecule has 11 heteroatoms. The van der Waals surface area contributed by atoms with Crippen LogP contribution in [-0.4, -0.2) is 49.1 Å². The Morgan fingerprint density at radius 2 is 1.50 bits per heavy atom. The number of carbonyl (C=O) groups is 1. The highest BCUT2D eigenvalue weighted by Crippen LogP contribution is 2.41. The highest BCUT2D eigenvalue weighted by atomic mass is 19.2. The van der Waals surface area contributed by atoms with Crippen LogP contribution >= 0.6 is 0 Å². The van der Waals surface area contributed by atoms with Crippen molar-refractivity contribution in [2.45, 2.75) is 0 Å². The molecule has 0 radical (unpaired) electrons. The Bertz CT molecular complexity index is 1380. The van der Waals surface area contributed by atoms with Crippen molar-refractivity contribution in [3.8, 4) is 40.1 Å². The molecule has 0 saturated carbocycles. The van der Waals surface area contributed by atoms with Gasteiger partial charge in [-0.15, -0.1) is 5.10 Å². The van der Waals surface area contributed by atoms with Crippen LogP contribution in [-0.2, 0) is 0 Å². The number of nitrogens with zero attached hydrogens (tertiary/aromatic N) is 3. The minimum absolute atomic E-state index is 0.147. The molecule has 1 aromatic heterocycles. The summed E-state index contributed by atoms with van der Waals surface area (Å²) < 4.78 is 50.2. The van der Waals surface area contributed by atoms with Gasteiger partial charge in [0.1, 0.15) is 5.75 Å². The first-order valence-electron chi connectivity index (χ1n) is 10.6. The monoisotopic (exact) mass is 496 g/mol.